The maximum atomic E-state index is 13.1. The molecule has 3 N–H and O–H groups in total. The fraction of sp³-hybridized carbons (Fsp3) is 0.714. The number of phosphoric acid groups is 2. The maximum Gasteiger partial charge on any atom is 0.472 e. The van der Waals surface area contributed by atoms with E-state index in [-0.39, 0.29) is 25.7 Å². The van der Waals surface area contributed by atoms with Crippen LogP contribution < -0.4 is 0 Å². The number of carbonyl (C=O) groups excluding carboxylic acids is 4. The molecule has 0 bridgehead atoms. The zero-order chi connectivity index (χ0) is 70.4. The predicted octanol–water partition coefficient (Wildman–Crippen LogP) is 21.0. The van der Waals surface area contributed by atoms with Crippen LogP contribution in [-0.4, -0.2) is 96.7 Å². The largest absolute Gasteiger partial charge is 0.472 e. The van der Waals surface area contributed by atoms with Crippen LogP contribution in [0.25, 0.3) is 0 Å². The molecule has 0 aliphatic carbocycles. The number of aliphatic hydroxyl groups is 1. The van der Waals surface area contributed by atoms with Crippen LogP contribution in [-0.2, 0) is 65.4 Å². The van der Waals surface area contributed by atoms with Gasteiger partial charge in [0.1, 0.15) is 19.3 Å². The molecule has 5 unspecified atom stereocenters. The van der Waals surface area contributed by atoms with Crippen molar-refractivity contribution in [2.75, 3.05) is 39.6 Å². The Morgan fingerprint density at radius 2 is 0.583 bits per heavy atom. The molecule has 0 aromatic heterocycles. The van der Waals surface area contributed by atoms with Gasteiger partial charge in [0.25, 0.3) is 0 Å². The molecule has 0 heterocycles. The molecule has 0 aliphatic heterocycles. The number of ether oxygens (including phenoxy) is 4. The van der Waals surface area contributed by atoms with E-state index in [1.165, 1.54) is 89.9 Å². The normalized spacial score (nSPS) is 14.6. The number of esters is 4. The van der Waals surface area contributed by atoms with Gasteiger partial charge in [0.05, 0.1) is 32.8 Å². The Morgan fingerprint density at radius 3 is 0.927 bits per heavy atom. The molecule has 0 aliphatic rings. The van der Waals surface area contributed by atoms with Gasteiger partial charge >= 0.3 is 39.5 Å². The average Bonchev–Trinajstić information content (AvgIpc) is 1.10. The number of carbonyl (C=O) groups is 4. The summed E-state index contributed by atoms with van der Waals surface area (Å²) >= 11 is 0. The van der Waals surface area contributed by atoms with E-state index in [4.69, 9.17) is 37.0 Å². The molecule has 0 fully saturated rings. The summed E-state index contributed by atoms with van der Waals surface area (Å²) in [6.07, 6.45) is 72.6. The van der Waals surface area contributed by atoms with Crippen LogP contribution in [0.15, 0.2) is 109 Å². The van der Waals surface area contributed by atoms with Crippen LogP contribution in [0.2, 0.25) is 0 Å². The number of unbranched alkanes of at least 4 members (excludes halogenated alkanes) is 26. The Morgan fingerprint density at radius 1 is 0.312 bits per heavy atom. The van der Waals surface area contributed by atoms with Gasteiger partial charge in [-0.3, -0.25) is 37.3 Å². The highest BCUT2D eigenvalue weighted by Gasteiger charge is 2.30. The van der Waals surface area contributed by atoms with Gasteiger partial charge in [-0.15, -0.1) is 0 Å². The Kier molecular flexibility index (Phi) is 66.1. The minimum atomic E-state index is -4.99. The maximum absolute atomic E-state index is 13.1. The molecule has 17 nitrogen and oxygen atoms in total. The molecule has 0 saturated carbocycles. The van der Waals surface area contributed by atoms with Crippen molar-refractivity contribution in [3.63, 3.8) is 0 Å². The van der Waals surface area contributed by atoms with Crippen molar-refractivity contribution in [2.24, 2.45) is 0 Å². The quantitative estimate of drug-likeness (QED) is 0.0169. The van der Waals surface area contributed by atoms with Gasteiger partial charge in [0, 0.05) is 19.3 Å². The predicted molar refractivity (Wildman–Crippen MR) is 390 cm³/mol. The lowest BCUT2D eigenvalue weighted by atomic mass is 10.0. The molecular formula is C77H132O17P2. The number of hydrogen-bond acceptors (Lipinski definition) is 15. The first-order valence-corrected chi connectivity index (χ1v) is 40.1. The molecule has 0 rings (SSSR count). The monoisotopic (exact) mass is 1390 g/mol. The molecule has 19 heteroatoms. The minimum Gasteiger partial charge on any atom is -0.462 e. The summed E-state index contributed by atoms with van der Waals surface area (Å²) in [5, 5.41) is 10.6. The zero-order valence-electron chi connectivity index (χ0n) is 60.0. The Labute approximate surface area is 581 Å². The molecule has 0 amide bonds. The fourth-order valence-corrected chi connectivity index (χ4v) is 11.3. The van der Waals surface area contributed by atoms with Crippen LogP contribution in [0.4, 0.5) is 0 Å². The second-order valence-corrected chi connectivity index (χ2v) is 27.4. The van der Waals surface area contributed by atoms with Gasteiger partial charge in [0.15, 0.2) is 12.2 Å². The van der Waals surface area contributed by atoms with E-state index in [9.17, 15) is 43.2 Å². The summed E-state index contributed by atoms with van der Waals surface area (Å²) < 4.78 is 68.2. The fourth-order valence-electron chi connectivity index (χ4n) is 9.70. The third-order valence-electron chi connectivity index (χ3n) is 15.3. The van der Waals surface area contributed by atoms with Crippen molar-refractivity contribution in [2.45, 2.75) is 316 Å². The molecule has 5 atom stereocenters. The van der Waals surface area contributed by atoms with Crippen molar-refractivity contribution in [1.82, 2.24) is 0 Å². The molecule has 0 aromatic carbocycles. The van der Waals surface area contributed by atoms with Gasteiger partial charge < -0.3 is 33.8 Å². The van der Waals surface area contributed by atoms with Crippen molar-refractivity contribution >= 4 is 39.5 Å². The second-order valence-electron chi connectivity index (χ2n) is 24.5. The van der Waals surface area contributed by atoms with Gasteiger partial charge in [-0.25, -0.2) is 9.13 Å². The summed E-state index contributed by atoms with van der Waals surface area (Å²) in [5.41, 5.74) is 0. The number of aliphatic hydroxyl groups excluding tert-OH is 1. The lowest BCUT2D eigenvalue weighted by molar-refractivity contribution is -0.161. The average molecular weight is 1390 g/mol. The summed E-state index contributed by atoms with van der Waals surface area (Å²) in [4.78, 5) is 72.6. The third-order valence-corrected chi connectivity index (χ3v) is 17.2. The van der Waals surface area contributed by atoms with Crippen molar-refractivity contribution in [1.29, 1.82) is 0 Å². The first kappa shape index (κ1) is 91.7. The molecule has 0 spiro atoms. The zero-order valence-corrected chi connectivity index (χ0v) is 61.8. The van der Waals surface area contributed by atoms with Gasteiger partial charge in [0.2, 0.25) is 0 Å². The van der Waals surface area contributed by atoms with E-state index >= 15 is 0 Å². The summed E-state index contributed by atoms with van der Waals surface area (Å²) in [6, 6.07) is 0. The van der Waals surface area contributed by atoms with E-state index in [1.807, 2.05) is 18.2 Å². The van der Waals surface area contributed by atoms with Crippen LogP contribution in [0.3, 0.4) is 0 Å². The Bertz CT molecular complexity index is 2250. The number of hydrogen-bond donors (Lipinski definition) is 3. The number of phosphoric ester groups is 2. The molecule has 0 saturated heterocycles. The molecule has 0 radical (unpaired) electrons. The van der Waals surface area contributed by atoms with Crippen LogP contribution in [0, 0.1) is 0 Å². The first-order valence-electron chi connectivity index (χ1n) is 37.1. The van der Waals surface area contributed by atoms with Crippen molar-refractivity contribution < 1.29 is 80.2 Å². The highest BCUT2D eigenvalue weighted by Crippen LogP contribution is 2.45. The smallest absolute Gasteiger partial charge is 0.462 e. The molecule has 552 valence electrons. The standard InChI is InChI=1S/C77H132O17P2/c1-5-9-13-17-21-25-29-32-34-35-37-40-43-46-50-54-58-62-75(80)88-68-73(94-77(82)64-60-56-52-48-44-38-31-27-23-19-15-11-7-3)70-92-96(85,86)90-66-71(78)65-89-95(83,84)91-69-72(93-76(81)63-59-55-51-47-41-28-24-20-16-12-8-4)67-87-74(79)61-57-53-49-45-42-39-36-33-30-26-22-18-14-10-6-2/h9-10,13-14,21-22,25-26,32-34,36-37,40,42,45,53,57,71-73,78H,5-8,11-12,15-20,23-24,27-31,35,38-39,41,43-44,46-52,54-56,58-70H2,1-4H3,(H,83,84)(H,85,86)/b13-9-,14-10-,25-21-,26-22-,34-32-,36-33-,40-37-,45-42-,57-53-. The highest BCUT2D eigenvalue weighted by molar-refractivity contribution is 7.47. The lowest BCUT2D eigenvalue weighted by Gasteiger charge is -2.21. The van der Waals surface area contributed by atoms with E-state index in [0.29, 0.717) is 25.7 Å². The third kappa shape index (κ3) is 68.3. The Balaban J connectivity index is 5.39. The second kappa shape index (κ2) is 69.2. The molecule has 0 aromatic rings. The highest BCUT2D eigenvalue weighted by atomic mass is 31.2. The van der Waals surface area contributed by atoms with Gasteiger partial charge in [-0.1, -0.05) is 291 Å². The summed E-state index contributed by atoms with van der Waals surface area (Å²) in [6.45, 7) is 4.50. The molecular weight excluding hydrogens is 1260 g/mol. The van der Waals surface area contributed by atoms with E-state index in [1.54, 1.807) is 6.08 Å². The van der Waals surface area contributed by atoms with Gasteiger partial charge in [-0.2, -0.15) is 0 Å². The van der Waals surface area contributed by atoms with Crippen LogP contribution in [0.1, 0.15) is 297 Å². The first-order chi connectivity index (χ1) is 46.7. The SMILES string of the molecule is CC/C=C\C/C=C\C/C=C\C/C=C\C/C=C\CC(=O)OCC(COP(=O)(O)OCC(O)COP(=O)(O)OCC(COC(=O)CCCCCC/C=C\C/C=C\C/C=C\C/C=C\CC)OC(=O)CCCCCCCCCCCCCCC)OC(=O)CCCCCCCCCCCCC. The van der Waals surface area contributed by atoms with Gasteiger partial charge in [-0.05, 0) is 89.9 Å². The summed E-state index contributed by atoms with van der Waals surface area (Å²) in [5.74, 6) is -2.34. The molecule has 96 heavy (non-hydrogen) atoms. The van der Waals surface area contributed by atoms with Crippen molar-refractivity contribution in [3.05, 3.63) is 109 Å². The number of allylic oxidation sites excluding steroid dienone is 17. The van der Waals surface area contributed by atoms with E-state index < -0.39 is 97.5 Å². The summed E-state index contributed by atoms with van der Waals surface area (Å²) in [7, 11) is -9.97. The topological polar surface area (TPSA) is 237 Å². The van der Waals surface area contributed by atoms with Crippen LogP contribution >= 0.6 is 15.6 Å². The van der Waals surface area contributed by atoms with E-state index in [0.717, 1.165) is 128 Å². The number of rotatable bonds is 69. The van der Waals surface area contributed by atoms with Crippen LogP contribution in [0.5, 0.6) is 0 Å². The Hall–Kier alpha value is -4.28. The lowest BCUT2D eigenvalue weighted by Crippen LogP contribution is -2.30. The minimum absolute atomic E-state index is 0.0697. The van der Waals surface area contributed by atoms with Crippen molar-refractivity contribution in [3.8, 4) is 0 Å². The van der Waals surface area contributed by atoms with E-state index in [2.05, 4.69) is 113 Å².